The molecule has 1 heterocycles. The number of rotatable bonds is 4. The highest BCUT2D eigenvalue weighted by Crippen LogP contribution is 2.29. The van der Waals surface area contributed by atoms with E-state index in [1.54, 1.807) is 25.7 Å². The Labute approximate surface area is 142 Å². The summed E-state index contributed by atoms with van der Waals surface area (Å²) in [5.74, 6) is -0.851. The standard InChI is InChI=1S/C18H25FN2O3/c1-12(13-8-6-5-7-9-13)21-11-14(10-19)15(16(21)22)20-17(23)24-18(2,3)4/h5-9,12,14-15H,10-11H2,1-4H3,(H,20,23)/t12-,14?,15?/m1/s1. The van der Waals surface area contributed by atoms with Gasteiger partial charge in [-0.15, -0.1) is 0 Å². The zero-order chi connectivity index (χ0) is 17.9. The van der Waals surface area contributed by atoms with Crippen LogP contribution < -0.4 is 5.32 Å². The molecule has 0 spiro atoms. The van der Waals surface area contributed by atoms with Crippen molar-refractivity contribution in [2.24, 2.45) is 5.92 Å². The number of benzene rings is 1. The molecule has 132 valence electrons. The van der Waals surface area contributed by atoms with Gasteiger partial charge in [0.25, 0.3) is 0 Å². The van der Waals surface area contributed by atoms with E-state index in [0.29, 0.717) is 0 Å². The highest BCUT2D eigenvalue weighted by atomic mass is 19.1. The van der Waals surface area contributed by atoms with Gasteiger partial charge in [-0.1, -0.05) is 30.3 Å². The van der Waals surface area contributed by atoms with Gasteiger partial charge >= 0.3 is 6.09 Å². The molecule has 0 saturated carbocycles. The molecule has 1 aliphatic heterocycles. The molecule has 3 atom stereocenters. The van der Waals surface area contributed by atoms with E-state index in [1.165, 1.54) is 0 Å². The number of carbonyl (C=O) groups excluding carboxylic acids is 2. The average molecular weight is 336 g/mol. The highest BCUT2D eigenvalue weighted by molar-refractivity contribution is 5.88. The molecule has 0 aromatic heterocycles. The first-order valence-electron chi connectivity index (χ1n) is 8.14. The molecule has 1 aromatic rings. The molecule has 0 bridgehead atoms. The SMILES string of the molecule is C[C@H](c1ccccc1)N1CC(CF)C(NC(=O)OC(C)(C)C)C1=O. The van der Waals surface area contributed by atoms with Crippen molar-refractivity contribution in [1.29, 1.82) is 0 Å². The van der Waals surface area contributed by atoms with E-state index < -0.39 is 30.3 Å². The second kappa shape index (κ2) is 7.20. The first-order chi connectivity index (χ1) is 11.2. The average Bonchev–Trinajstić information content (AvgIpc) is 2.82. The minimum absolute atomic E-state index is 0.182. The zero-order valence-corrected chi connectivity index (χ0v) is 14.6. The van der Waals surface area contributed by atoms with Crippen LogP contribution in [0, 0.1) is 5.92 Å². The van der Waals surface area contributed by atoms with Gasteiger partial charge in [-0.05, 0) is 33.3 Å². The van der Waals surface area contributed by atoms with Crippen molar-refractivity contribution in [3.8, 4) is 0 Å². The lowest BCUT2D eigenvalue weighted by atomic mass is 10.1. The third-order valence-corrected chi connectivity index (χ3v) is 4.07. The number of alkyl carbamates (subject to hydrolysis) is 1. The summed E-state index contributed by atoms with van der Waals surface area (Å²) in [6, 6.07) is 8.48. The third-order valence-electron chi connectivity index (χ3n) is 4.07. The summed E-state index contributed by atoms with van der Waals surface area (Å²) in [7, 11) is 0. The van der Waals surface area contributed by atoms with Crippen LogP contribution in [0.15, 0.2) is 30.3 Å². The van der Waals surface area contributed by atoms with Crippen molar-refractivity contribution in [3.05, 3.63) is 35.9 Å². The molecule has 1 N–H and O–H groups in total. The lowest BCUT2D eigenvalue weighted by molar-refractivity contribution is -0.131. The van der Waals surface area contributed by atoms with Crippen LogP contribution in [-0.2, 0) is 9.53 Å². The maximum Gasteiger partial charge on any atom is 0.408 e. The van der Waals surface area contributed by atoms with Crippen LogP contribution in [-0.4, -0.2) is 41.8 Å². The fraction of sp³-hybridized carbons (Fsp3) is 0.556. The molecule has 6 heteroatoms. The first-order valence-corrected chi connectivity index (χ1v) is 8.14. The van der Waals surface area contributed by atoms with Crippen LogP contribution in [0.4, 0.5) is 9.18 Å². The monoisotopic (exact) mass is 336 g/mol. The molecule has 2 rings (SSSR count). The Hall–Kier alpha value is -2.11. The van der Waals surface area contributed by atoms with Crippen LogP contribution in [0.5, 0.6) is 0 Å². The summed E-state index contributed by atoms with van der Waals surface area (Å²) >= 11 is 0. The van der Waals surface area contributed by atoms with Gasteiger partial charge in [-0.3, -0.25) is 9.18 Å². The molecule has 1 aromatic carbocycles. The van der Waals surface area contributed by atoms with Crippen molar-refractivity contribution < 1.29 is 18.7 Å². The molecule has 1 aliphatic rings. The molecule has 1 saturated heterocycles. The van der Waals surface area contributed by atoms with Crippen molar-refractivity contribution in [1.82, 2.24) is 10.2 Å². The smallest absolute Gasteiger partial charge is 0.408 e. The Kier molecular flexibility index (Phi) is 5.47. The summed E-state index contributed by atoms with van der Waals surface area (Å²) in [5.41, 5.74) is 0.301. The van der Waals surface area contributed by atoms with E-state index in [-0.39, 0.29) is 18.5 Å². The van der Waals surface area contributed by atoms with E-state index >= 15 is 0 Å². The summed E-state index contributed by atoms with van der Waals surface area (Å²) in [4.78, 5) is 26.2. The Morgan fingerprint density at radius 1 is 1.38 bits per heavy atom. The van der Waals surface area contributed by atoms with E-state index in [4.69, 9.17) is 4.74 Å². The van der Waals surface area contributed by atoms with Crippen LogP contribution in [0.2, 0.25) is 0 Å². The fourth-order valence-electron chi connectivity index (χ4n) is 2.84. The number of hydrogen-bond acceptors (Lipinski definition) is 3. The van der Waals surface area contributed by atoms with Crippen LogP contribution >= 0.6 is 0 Å². The number of likely N-dealkylation sites (tertiary alicyclic amines) is 1. The molecule has 2 unspecified atom stereocenters. The Bertz CT molecular complexity index is 586. The lowest BCUT2D eigenvalue weighted by Gasteiger charge is -2.25. The van der Waals surface area contributed by atoms with Gasteiger partial charge in [-0.2, -0.15) is 0 Å². The number of nitrogens with zero attached hydrogens (tertiary/aromatic N) is 1. The summed E-state index contributed by atoms with van der Waals surface area (Å²) in [5, 5.41) is 2.53. The molecule has 5 nitrogen and oxygen atoms in total. The number of halogens is 1. The molecule has 2 amide bonds. The van der Waals surface area contributed by atoms with Gasteiger partial charge in [0.05, 0.1) is 12.7 Å². The summed E-state index contributed by atoms with van der Waals surface area (Å²) in [6.07, 6.45) is -0.700. The second-order valence-corrected chi connectivity index (χ2v) is 7.12. The van der Waals surface area contributed by atoms with Gasteiger partial charge in [0.15, 0.2) is 0 Å². The lowest BCUT2D eigenvalue weighted by Crippen LogP contribution is -2.46. The van der Waals surface area contributed by atoms with Gasteiger partial charge in [0, 0.05) is 12.5 Å². The molecule has 0 aliphatic carbocycles. The maximum absolute atomic E-state index is 13.4. The van der Waals surface area contributed by atoms with Gasteiger partial charge in [0.1, 0.15) is 11.6 Å². The van der Waals surface area contributed by atoms with Crippen LogP contribution in [0.3, 0.4) is 0 Å². The maximum atomic E-state index is 13.4. The Balaban J connectivity index is 2.10. The van der Waals surface area contributed by atoms with Gasteiger partial charge in [0.2, 0.25) is 5.91 Å². The zero-order valence-electron chi connectivity index (χ0n) is 14.6. The van der Waals surface area contributed by atoms with Gasteiger partial charge < -0.3 is 15.0 Å². The number of carbonyl (C=O) groups is 2. The minimum atomic E-state index is -0.893. The Morgan fingerprint density at radius 3 is 2.54 bits per heavy atom. The fourth-order valence-corrected chi connectivity index (χ4v) is 2.84. The third kappa shape index (κ3) is 4.24. The molecule has 0 radical (unpaired) electrons. The predicted molar refractivity (Wildman–Crippen MR) is 89.2 cm³/mol. The quantitative estimate of drug-likeness (QED) is 0.919. The molecule has 1 fully saturated rings. The minimum Gasteiger partial charge on any atom is -0.444 e. The van der Waals surface area contributed by atoms with Crippen molar-refractivity contribution >= 4 is 12.0 Å². The second-order valence-electron chi connectivity index (χ2n) is 7.12. The number of hydrogen-bond donors (Lipinski definition) is 1. The van der Waals surface area contributed by atoms with E-state index in [0.717, 1.165) is 5.56 Å². The Morgan fingerprint density at radius 2 is 2.00 bits per heavy atom. The molecule has 24 heavy (non-hydrogen) atoms. The highest BCUT2D eigenvalue weighted by Gasteiger charge is 2.43. The summed E-state index contributed by atoms with van der Waals surface area (Å²) in [6.45, 7) is 6.70. The van der Waals surface area contributed by atoms with Crippen molar-refractivity contribution in [2.75, 3.05) is 13.2 Å². The summed E-state index contributed by atoms with van der Waals surface area (Å²) < 4.78 is 18.6. The van der Waals surface area contributed by atoms with E-state index in [9.17, 15) is 14.0 Å². The van der Waals surface area contributed by atoms with Crippen LogP contribution in [0.1, 0.15) is 39.3 Å². The van der Waals surface area contributed by atoms with Gasteiger partial charge in [-0.25, -0.2) is 4.79 Å². The van der Waals surface area contributed by atoms with E-state index in [2.05, 4.69) is 5.32 Å². The topological polar surface area (TPSA) is 58.6 Å². The predicted octanol–water partition coefficient (Wildman–Crippen LogP) is 3.07. The molecular weight excluding hydrogens is 311 g/mol. The number of amides is 2. The number of ether oxygens (including phenoxy) is 1. The van der Waals surface area contributed by atoms with Crippen molar-refractivity contribution in [2.45, 2.75) is 45.4 Å². The molecular formula is C18H25FN2O3. The van der Waals surface area contributed by atoms with Crippen molar-refractivity contribution in [3.63, 3.8) is 0 Å². The van der Waals surface area contributed by atoms with Crippen LogP contribution in [0.25, 0.3) is 0 Å². The number of nitrogens with one attached hydrogen (secondary N) is 1. The number of alkyl halides is 1. The first kappa shape index (κ1) is 18.2. The van der Waals surface area contributed by atoms with E-state index in [1.807, 2.05) is 37.3 Å². The normalized spacial score (nSPS) is 22.4. The largest absolute Gasteiger partial charge is 0.444 e.